The van der Waals surface area contributed by atoms with Gasteiger partial charge < -0.3 is 30.7 Å². The molecule has 2 unspecified atom stereocenters. The lowest BCUT2D eigenvalue weighted by molar-refractivity contribution is 0.0670. The van der Waals surface area contributed by atoms with Crippen LogP contribution in [-0.4, -0.2) is 111 Å². The van der Waals surface area contributed by atoms with Crippen molar-refractivity contribution in [1.29, 1.82) is 0 Å². The number of hydrogen-bond acceptors (Lipinski definition) is 13. The molecule has 6 aliphatic heterocycles. The molecular weight excluding hydrogens is 892 g/mol. The van der Waals surface area contributed by atoms with Crippen molar-refractivity contribution >= 4 is 69.7 Å². The second kappa shape index (κ2) is 20.3. The van der Waals surface area contributed by atoms with E-state index in [1.54, 1.807) is 6.07 Å². The molecule has 4 aromatic rings. The Balaban J connectivity index is 0.000000162. The molecule has 13 nitrogen and oxygen atoms in total. The SMILES string of the molecule is NC1=NN=C(N2CCC(N3Cc4cc(Cl)cc(Cl)c4OCC3Cc3ccc(Cl)cc3)CC2)C1.NC1=NN=C(N2CCC(N3Cc4ccncc4OCC3Cc3ccc(Cl)cc3)CC2)C1. The van der Waals surface area contributed by atoms with Crippen molar-refractivity contribution in [3.8, 4) is 11.5 Å². The highest BCUT2D eigenvalue weighted by Gasteiger charge is 2.36. The number of likely N-dealkylation sites (tertiary alicyclic amines) is 2. The van der Waals surface area contributed by atoms with Crippen LogP contribution in [0.5, 0.6) is 11.5 Å². The summed E-state index contributed by atoms with van der Waals surface area (Å²) in [6.45, 7) is 6.64. The normalized spacial score (nSPS) is 22.1. The minimum Gasteiger partial charge on any atom is -0.490 e. The summed E-state index contributed by atoms with van der Waals surface area (Å²) < 4.78 is 12.5. The predicted octanol–water partition coefficient (Wildman–Crippen LogP) is 8.07. The minimum atomic E-state index is 0.202. The number of nitrogens with two attached hydrogens (primary N) is 2. The van der Waals surface area contributed by atoms with E-state index in [0.29, 0.717) is 59.9 Å². The van der Waals surface area contributed by atoms with E-state index in [4.69, 9.17) is 67.3 Å². The van der Waals surface area contributed by atoms with Crippen LogP contribution in [0.25, 0.3) is 0 Å². The van der Waals surface area contributed by atoms with Gasteiger partial charge in [-0.25, -0.2) is 0 Å². The Morgan fingerprint density at radius 1 is 0.578 bits per heavy atom. The summed E-state index contributed by atoms with van der Waals surface area (Å²) in [4.78, 5) is 14.1. The number of ether oxygens (including phenoxy) is 2. The van der Waals surface area contributed by atoms with Crippen LogP contribution in [0.4, 0.5) is 0 Å². The number of rotatable bonds is 6. The standard InChI is InChI=1S/C24H26Cl3N5O.C23H27ClN6O/c25-17-3-1-15(2-4-17)9-20-14-33-24-16(10-18(26)11-21(24)27)13-32(20)19-5-7-31(8-6-19)23-12-22(28)29-30-23;24-18-3-1-16(2-4-18)11-20-15-31-21-13-26-8-5-17(21)14-30(20)19-6-9-29(10-7-19)23-12-22(25)27-28-23/h1-4,10-11,19-20H,5-9,12-14H2,(H2,28,29);1-5,8,13,19-20H,6-7,9-12,14-15H2,(H2,25,27). The fourth-order valence-corrected chi connectivity index (χ4v) is 10.6. The molecule has 17 heteroatoms. The Hall–Kier alpha value is -4.63. The lowest BCUT2D eigenvalue weighted by Crippen LogP contribution is -2.51. The Bertz CT molecular complexity index is 2400. The number of fused-ring (bicyclic) bond motifs is 2. The average molecular weight is 946 g/mol. The number of nitrogens with zero attached hydrogens (tertiary/aromatic N) is 9. The Kier molecular flexibility index (Phi) is 14.1. The molecule has 2 atom stereocenters. The molecule has 0 spiro atoms. The zero-order valence-corrected chi connectivity index (χ0v) is 38.7. The van der Waals surface area contributed by atoms with Crippen LogP contribution in [0.3, 0.4) is 0 Å². The van der Waals surface area contributed by atoms with Crippen LogP contribution < -0.4 is 20.9 Å². The van der Waals surface area contributed by atoms with Gasteiger partial charge >= 0.3 is 0 Å². The highest BCUT2D eigenvalue weighted by molar-refractivity contribution is 6.35. The zero-order valence-electron chi connectivity index (χ0n) is 35.6. The molecule has 6 aliphatic rings. The van der Waals surface area contributed by atoms with Crippen LogP contribution in [0.15, 0.2) is 99.5 Å². The van der Waals surface area contributed by atoms with E-state index in [1.165, 1.54) is 16.7 Å². The van der Waals surface area contributed by atoms with Gasteiger partial charge in [-0.2, -0.15) is 0 Å². The van der Waals surface area contributed by atoms with Crippen LogP contribution >= 0.6 is 46.4 Å². The fourth-order valence-electron chi connectivity index (χ4n) is 9.73. The smallest absolute Gasteiger partial charge is 0.142 e. The molecule has 1 aromatic heterocycles. The molecule has 0 saturated carbocycles. The molecule has 0 bridgehead atoms. The molecule has 2 saturated heterocycles. The van der Waals surface area contributed by atoms with Crippen molar-refractivity contribution in [3.63, 3.8) is 0 Å². The van der Waals surface area contributed by atoms with Gasteiger partial charge in [-0.3, -0.25) is 14.8 Å². The first-order valence-corrected chi connectivity index (χ1v) is 23.6. The molecule has 3 aromatic carbocycles. The third-order valence-corrected chi connectivity index (χ3v) is 14.1. The largest absolute Gasteiger partial charge is 0.490 e. The molecular formula is C47H53Cl4N11O2. The first-order chi connectivity index (χ1) is 31.1. The lowest BCUT2D eigenvalue weighted by atomic mass is 9.97. The highest BCUT2D eigenvalue weighted by atomic mass is 35.5. The summed E-state index contributed by atoms with van der Waals surface area (Å²) in [7, 11) is 0. The fraction of sp³-hybridized carbons (Fsp3) is 0.426. The molecule has 0 amide bonds. The zero-order chi connectivity index (χ0) is 44.2. The second-order valence-corrected chi connectivity index (χ2v) is 19.0. The van der Waals surface area contributed by atoms with E-state index in [-0.39, 0.29) is 12.1 Å². The van der Waals surface area contributed by atoms with Gasteiger partial charge in [0.15, 0.2) is 0 Å². The quantitative estimate of drug-likeness (QED) is 0.196. The van der Waals surface area contributed by atoms with Crippen LogP contribution in [0, 0.1) is 0 Å². The van der Waals surface area contributed by atoms with E-state index < -0.39 is 0 Å². The maximum atomic E-state index is 6.50. The van der Waals surface area contributed by atoms with E-state index >= 15 is 0 Å². The van der Waals surface area contributed by atoms with Gasteiger partial charge in [0.1, 0.15) is 48.1 Å². The molecule has 4 N–H and O–H groups in total. The van der Waals surface area contributed by atoms with Crippen molar-refractivity contribution in [2.24, 2.45) is 31.9 Å². The van der Waals surface area contributed by atoms with E-state index in [9.17, 15) is 0 Å². The van der Waals surface area contributed by atoms with Gasteiger partial charge in [-0.15, -0.1) is 20.4 Å². The van der Waals surface area contributed by atoms with Crippen LogP contribution in [0.2, 0.25) is 20.1 Å². The lowest BCUT2D eigenvalue weighted by Gasteiger charge is -2.42. The van der Waals surface area contributed by atoms with Gasteiger partial charge in [0.2, 0.25) is 0 Å². The van der Waals surface area contributed by atoms with Gasteiger partial charge in [0.25, 0.3) is 0 Å². The van der Waals surface area contributed by atoms with Gasteiger partial charge in [0, 0.05) is 95.8 Å². The summed E-state index contributed by atoms with van der Waals surface area (Å²) >= 11 is 25.0. The average Bonchev–Trinajstić information content (AvgIpc) is 3.85. The predicted molar refractivity (Wildman–Crippen MR) is 257 cm³/mol. The van der Waals surface area contributed by atoms with Gasteiger partial charge in [0.05, 0.1) is 24.1 Å². The van der Waals surface area contributed by atoms with E-state index in [0.717, 1.165) is 117 Å². The molecule has 2 fully saturated rings. The van der Waals surface area contributed by atoms with Crippen LogP contribution in [0.1, 0.15) is 60.8 Å². The minimum absolute atomic E-state index is 0.202. The first-order valence-electron chi connectivity index (χ1n) is 22.1. The molecule has 0 aliphatic carbocycles. The Morgan fingerprint density at radius 3 is 1.58 bits per heavy atom. The summed E-state index contributed by atoms with van der Waals surface area (Å²) in [6.07, 6.45) is 11.0. The van der Waals surface area contributed by atoms with Crippen LogP contribution in [-0.2, 0) is 25.9 Å². The number of benzene rings is 3. The van der Waals surface area contributed by atoms with Crippen molar-refractivity contribution in [3.05, 3.63) is 121 Å². The van der Waals surface area contributed by atoms with Crippen molar-refractivity contribution in [2.45, 2.75) is 88.6 Å². The third kappa shape index (κ3) is 10.7. The van der Waals surface area contributed by atoms with E-state index in [2.05, 4.69) is 75.3 Å². The van der Waals surface area contributed by atoms with Gasteiger partial charge in [-0.1, -0.05) is 70.7 Å². The molecule has 10 rings (SSSR count). The second-order valence-electron chi connectivity index (χ2n) is 17.3. The van der Waals surface area contributed by atoms with Crippen molar-refractivity contribution < 1.29 is 9.47 Å². The Labute approximate surface area is 394 Å². The summed E-state index contributed by atoms with van der Waals surface area (Å²) in [6, 6.07) is 23.4. The van der Waals surface area contributed by atoms with Crippen molar-refractivity contribution in [2.75, 3.05) is 39.4 Å². The number of amidine groups is 4. The Morgan fingerprint density at radius 2 is 1.08 bits per heavy atom. The summed E-state index contributed by atoms with van der Waals surface area (Å²) in [5.74, 6) is 4.82. The summed E-state index contributed by atoms with van der Waals surface area (Å²) in [5, 5.41) is 19.2. The third-order valence-electron chi connectivity index (χ3n) is 13.1. The maximum Gasteiger partial charge on any atom is 0.142 e. The molecule has 336 valence electrons. The number of piperidine rings is 2. The number of aromatic nitrogens is 1. The number of pyridine rings is 1. The molecule has 7 heterocycles. The highest BCUT2D eigenvalue weighted by Crippen LogP contribution is 2.38. The maximum absolute atomic E-state index is 6.50. The molecule has 0 radical (unpaired) electrons. The van der Waals surface area contributed by atoms with E-state index in [1.807, 2.05) is 42.7 Å². The first kappa shape index (κ1) is 44.6. The number of halogens is 4. The molecule has 64 heavy (non-hydrogen) atoms. The van der Waals surface area contributed by atoms with Crippen molar-refractivity contribution in [1.82, 2.24) is 24.6 Å². The summed E-state index contributed by atoms with van der Waals surface area (Å²) in [5.41, 5.74) is 16.4. The monoisotopic (exact) mass is 943 g/mol. The number of hydrogen-bond donors (Lipinski definition) is 2. The van der Waals surface area contributed by atoms with Gasteiger partial charge in [-0.05, 0) is 92.1 Å². The topological polar surface area (TPSA) is 146 Å².